The van der Waals surface area contributed by atoms with Crippen LogP contribution in [0.4, 0.5) is 8.78 Å². The van der Waals surface area contributed by atoms with E-state index >= 15 is 0 Å². The van der Waals surface area contributed by atoms with Gasteiger partial charge in [0.05, 0.1) is 28.1 Å². The number of sulfone groups is 1. The molecule has 3 rings (SSSR count). The van der Waals surface area contributed by atoms with Crippen molar-refractivity contribution in [3.63, 3.8) is 0 Å². The van der Waals surface area contributed by atoms with Crippen LogP contribution in [0.5, 0.6) is 0 Å². The summed E-state index contributed by atoms with van der Waals surface area (Å²) < 4.78 is 79.5. The second-order valence-corrected chi connectivity index (χ2v) is 12.7. The Morgan fingerprint density at radius 2 is 1.79 bits per heavy atom. The number of carbonyl (C=O) groups excluding carboxylic acids is 1. The molecule has 2 atom stereocenters. The van der Waals surface area contributed by atoms with Crippen molar-refractivity contribution in [1.82, 2.24) is 9.55 Å². The van der Waals surface area contributed by atoms with E-state index in [1.807, 2.05) is 0 Å². The molecule has 2 unspecified atom stereocenters. The molecule has 2 aromatic carbocycles. The maximum Gasteiger partial charge on any atom is 0.500 e. The predicted octanol–water partition coefficient (Wildman–Crippen LogP) is 4.95. The fourth-order valence-electron chi connectivity index (χ4n) is 3.30. The van der Waals surface area contributed by atoms with Gasteiger partial charge in [0.15, 0.2) is 9.84 Å². The monoisotopic (exact) mass is 649 g/mol. The first-order chi connectivity index (χ1) is 18.0. The van der Waals surface area contributed by atoms with Crippen molar-refractivity contribution in [2.75, 3.05) is 6.26 Å². The highest BCUT2D eigenvalue weighted by atomic mass is 79.9. The van der Waals surface area contributed by atoms with Gasteiger partial charge in [0, 0.05) is 16.9 Å². The van der Waals surface area contributed by atoms with Crippen LogP contribution < -0.4 is 5.69 Å². The SMILES string of the molecule is CC(C)(C)C(=O)OC(O[PH+]=O)OC(F)(F)c1ccc(Cn2c(-c3ccc(S(C)(=O)=O)cc3)c[nH]c2=O)cc1Br. The first-order valence-corrected chi connectivity index (χ1v) is 14.7. The predicted molar refractivity (Wildman–Crippen MR) is 141 cm³/mol. The number of aromatic amines is 1. The van der Waals surface area contributed by atoms with Crippen LogP contribution in [0.25, 0.3) is 11.3 Å². The first kappa shape index (κ1) is 30.8. The summed E-state index contributed by atoms with van der Waals surface area (Å²) in [6.07, 6.45) is -1.49. The number of H-pyrrole nitrogens is 1. The average Bonchev–Trinajstić information content (AvgIpc) is 3.17. The van der Waals surface area contributed by atoms with E-state index in [2.05, 4.69) is 30.2 Å². The molecule has 0 fully saturated rings. The number of halogens is 3. The van der Waals surface area contributed by atoms with E-state index in [1.165, 1.54) is 55.8 Å². The van der Waals surface area contributed by atoms with Gasteiger partial charge in [0.2, 0.25) is 0 Å². The summed E-state index contributed by atoms with van der Waals surface area (Å²) >= 11 is 3.09. The van der Waals surface area contributed by atoms with Gasteiger partial charge in [-0.3, -0.25) is 9.36 Å². The summed E-state index contributed by atoms with van der Waals surface area (Å²) in [4.78, 5) is 27.2. The molecule has 1 heterocycles. The second-order valence-electron chi connectivity index (χ2n) is 9.46. The molecule has 0 aliphatic rings. The van der Waals surface area contributed by atoms with Gasteiger partial charge in [-0.2, -0.15) is 8.78 Å². The number of benzene rings is 2. The minimum atomic E-state index is -4.03. The Hall–Kier alpha value is -2.77. The second kappa shape index (κ2) is 11.8. The van der Waals surface area contributed by atoms with E-state index in [-0.39, 0.29) is 15.9 Å². The van der Waals surface area contributed by atoms with Gasteiger partial charge in [-0.05, 0) is 60.7 Å². The molecular weight excluding hydrogens is 625 g/mol. The quantitative estimate of drug-likeness (QED) is 0.185. The standard InChI is InChI=1S/C24H24BrF2N2O8PS/c1-23(2,3)20(30)35-22(37-38-32)36-24(26,27)17-10-5-14(11-18(17)25)13-29-19(12-28-21(29)31)15-6-8-16(9-7-15)39(4,33)34/h5-12,22,38H,13H2,1-4H3/p+1. The zero-order valence-electron chi connectivity index (χ0n) is 21.2. The van der Waals surface area contributed by atoms with Crippen molar-refractivity contribution < 1.29 is 40.6 Å². The molecule has 0 spiro atoms. The number of rotatable bonds is 10. The van der Waals surface area contributed by atoms with Crippen molar-refractivity contribution in [2.24, 2.45) is 5.41 Å². The molecule has 1 N–H and O–H groups in total. The van der Waals surface area contributed by atoms with Crippen molar-refractivity contribution in [3.8, 4) is 11.3 Å². The van der Waals surface area contributed by atoms with Gasteiger partial charge in [0.1, 0.15) is 0 Å². The summed E-state index contributed by atoms with van der Waals surface area (Å²) in [5.41, 5.74) is -0.687. The Kier molecular flexibility index (Phi) is 9.28. The van der Waals surface area contributed by atoms with Gasteiger partial charge < -0.3 is 9.72 Å². The number of nitrogens with one attached hydrogen (secondary N) is 1. The molecule has 15 heteroatoms. The summed E-state index contributed by atoms with van der Waals surface area (Å²) in [7, 11) is -4.93. The van der Waals surface area contributed by atoms with Crippen LogP contribution in [0, 0.1) is 5.41 Å². The number of aromatic nitrogens is 2. The number of nitrogens with zero attached hydrogens (tertiary/aromatic N) is 1. The molecule has 39 heavy (non-hydrogen) atoms. The molecule has 0 saturated carbocycles. The molecule has 210 valence electrons. The summed E-state index contributed by atoms with van der Waals surface area (Å²) in [5.74, 6) is -0.908. The van der Waals surface area contributed by atoms with Crippen LogP contribution in [0.2, 0.25) is 0 Å². The largest absolute Gasteiger partial charge is 0.500 e. The van der Waals surface area contributed by atoms with Crippen molar-refractivity contribution in [1.29, 1.82) is 0 Å². The average molecular weight is 650 g/mol. The molecular formula is C24H25BrF2N2O8PS+. The number of hydrogen-bond donors (Lipinski definition) is 1. The van der Waals surface area contributed by atoms with E-state index in [9.17, 15) is 31.4 Å². The number of hydrogen-bond acceptors (Lipinski definition) is 8. The smallest absolute Gasteiger partial charge is 0.407 e. The Morgan fingerprint density at radius 3 is 2.33 bits per heavy atom. The molecule has 1 aromatic heterocycles. The molecule has 0 bridgehead atoms. The topological polar surface area (TPSA) is 134 Å². The summed E-state index contributed by atoms with van der Waals surface area (Å²) in [6.45, 7) is 2.23. The molecule has 0 amide bonds. The zero-order valence-corrected chi connectivity index (χ0v) is 24.6. The number of imidazole rings is 1. The third-order valence-electron chi connectivity index (χ3n) is 5.34. The Morgan fingerprint density at radius 1 is 1.15 bits per heavy atom. The molecule has 3 aromatic rings. The minimum absolute atomic E-state index is 0.0109. The third-order valence-corrected chi connectivity index (χ3v) is 7.41. The van der Waals surface area contributed by atoms with Crippen LogP contribution in [0.3, 0.4) is 0 Å². The Bertz CT molecular complexity index is 1530. The van der Waals surface area contributed by atoms with Crippen LogP contribution in [-0.4, -0.2) is 36.7 Å². The van der Waals surface area contributed by atoms with Crippen LogP contribution in [-0.2, 0) is 45.8 Å². The lowest BCUT2D eigenvalue weighted by Crippen LogP contribution is -2.34. The lowest BCUT2D eigenvalue weighted by molar-refractivity contribution is -0.364. The number of ether oxygens (including phenoxy) is 2. The fraction of sp³-hybridized carbons (Fsp3) is 0.333. The minimum Gasteiger partial charge on any atom is -0.407 e. The van der Waals surface area contributed by atoms with Gasteiger partial charge in [0.25, 0.3) is 0 Å². The summed E-state index contributed by atoms with van der Waals surface area (Å²) in [6, 6.07) is 9.71. The molecule has 10 nitrogen and oxygen atoms in total. The molecule has 0 aliphatic heterocycles. The third kappa shape index (κ3) is 7.67. The fourth-order valence-corrected chi connectivity index (χ4v) is 4.76. The normalized spacial score (nSPS) is 13.4. The van der Waals surface area contributed by atoms with Crippen LogP contribution in [0.15, 0.2) is 62.8 Å². The van der Waals surface area contributed by atoms with Gasteiger partial charge in [-0.15, -0.1) is 0 Å². The summed E-state index contributed by atoms with van der Waals surface area (Å²) in [5, 5.41) is 0. The molecule has 0 saturated heterocycles. The molecule has 0 aliphatic carbocycles. The van der Waals surface area contributed by atoms with Gasteiger partial charge in [-0.1, -0.05) is 38.7 Å². The van der Waals surface area contributed by atoms with Gasteiger partial charge >= 0.3 is 32.9 Å². The number of carbonyl (C=O) groups is 1. The highest BCUT2D eigenvalue weighted by Gasteiger charge is 2.42. The Labute approximate surface area is 232 Å². The van der Waals surface area contributed by atoms with E-state index < -0.39 is 53.7 Å². The van der Waals surface area contributed by atoms with Gasteiger partial charge in [-0.25, -0.2) is 17.9 Å². The maximum absolute atomic E-state index is 15.0. The van der Waals surface area contributed by atoms with Crippen molar-refractivity contribution in [3.05, 3.63) is 74.7 Å². The van der Waals surface area contributed by atoms with Crippen LogP contribution in [0.1, 0.15) is 31.9 Å². The maximum atomic E-state index is 15.0. The lowest BCUT2D eigenvalue weighted by atomic mass is 9.98. The van der Waals surface area contributed by atoms with E-state index in [0.29, 0.717) is 16.8 Å². The van der Waals surface area contributed by atoms with Crippen LogP contribution >= 0.6 is 24.6 Å². The zero-order chi connectivity index (χ0) is 29.2. The first-order valence-electron chi connectivity index (χ1n) is 11.2. The lowest BCUT2D eigenvalue weighted by Gasteiger charge is -2.24. The highest BCUT2D eigenvalue weighted by molar-refractivity contribution is 9.10. The highest BCUT2D eigenvalue weighted by Crippen LogP contribution is 2.37. The van der Waals surface area contributed by atoms with Crippen molar-refractivity contribution >= 4 is 40.4 Å². The van der Waals surface area contributed by atoms with E-state index in [1.54, 1.807) is 12.1 Å². The number of esters is 1. The van der Waals surface area contributed by atoms with E-state index in [0.717, 1.165) is 12.3 Å². The number of alkyl halides is 2. The molecule has 0 radical (unpaired) electrons. The Balaban J connectivity index is 1.84. The van der Waals surface area contributed by atoms with E-state index in [4.69, 9.17) is 4.74 Å². The van der Waals surface area contributed by atoms with Crippen molar-refractivity contribution in [2.45, 2.75) is 44.8 Å².